The summed E-state index contributed by atoms with van der Waals surface area (Å²) in [6, 6.07) is -0.639. The van der Waals surface area contributed by atoms with E-state index in [9.17, 15) is 9.90 Å². The topological polar surface area (TPSA) is 88.9 Å². The van der Waals surface area contributed by atoms with Crippen LogP contribution in [-0.2, 0) is 11.8 Å². The highest BCUT2D eigenvalue weighted by atomic mass is 16.5. The Morgan fingerprint density at radius 1 is 1.62 bits per heavy atom. The Labute approximate surface area is 123 Å². The first kappa shape index (κ1) is 15.6. The van der Waals surface area contributed by atoms with Gasteiger partial charge in [0.2, 0.25) is 0 Å². The van der Waals surface area contributed by atoms with Crippen LogP contribution in [0.1, 0.15) is 12.6 Å². The molecule has 0 aliphatic carbocycles. The predicted molar refractivity (Wildman–Crippen MR) is 76.5 cm³/mol. The summed E-state index contributed by atoms with van der Waals surface area (Å²) in [7, 11) is 3.28. The Morgan fingerprint density at radius 2 is 2.33 bits per heavy atom. The Morgan fingerprint density at radius 3 is 2.86 bits per heavy atom. The van der Waals surface area contributed by atoms with Gasteiger partial charge in [-0.25, -0.2) is 4.79 Å². The second-order valence-corrected chi connectivity index (χ2v) is 4.98. The zero-order valence-electron chi connectivity index (χ0n) is 12.8. The molecule has 0 radical (unpaired) electrons. The minimum Gasteiger partial charge on any atom is -0.478 e. The van der Waals surface area contributed by atoms with E-state index in [-0.39, 0.29) is 18.7 Å². The number of amides is 2. The number of hydrogen-bond donors (Lipinski definition) is 2. The molecular weight excluding hydrogens is 276 g/mol. The van der Waals surface area contributed by atoms with E-state index in [1.54, 1.807) is 16.6 Å². The number of aliphatic hydroxyl groups is 1. The number of methoxy groups -OCH3 is 1. The van der Waals surface area contributed by atoms with Gasteiger partial charge in [0.25, 0.3) is 5.88 Å². The van der Waals surface area contributed by atoms with Gasteiger partial charge < -0.3 is 24.8 Å². The summed E-state index contributed by atoms with van der Waals surface area (Å²) in [5.74, 6) is 0.364. The van der Waals surface area contributed by atoms with Gasteiger partial charge in [-0.1, -0.05) is 0 Å². The van der Waals surface area contributed by atoms with Crippen LogP contribution < -0.4 is 10.1 Å². The van der Waals surface area contributed by atoms with Gasteiger partial charge in [0.1, 0.15) is 5.69 Å². The van der Waals surface area contributed by atoms with Crippen molar-refractivity contribution in [3.8, 4) is 5.88 Å². The fraction of sp³-hybridized carbons (Fsp3) is 0.692. The zero-order chi connectivity index (χ0) is 15.6. The maximum absolute atomic E-state index is 12.5. The third-order valence-corrected chi connectivity index (χ3v) is 3.75. The number of anilines is 1. The fourth-order valence-electron chi connectivity index (χ4n) is 2.40. The number of aromatic nitrogens is 2. The molecule has 2 N–H and O–H groups in total. The van der Waals surface area contributed by atoms with Gasteiger partial charge >= 0.3 is 6.03 Å². The number of nitrogens with one attached hydrogen (secondary N) is 1. The summed E-state index contributed by atoms with van der Waals surface area (Å²) in [4.78, 5) is 14.0. The number of likely N-dealkylation sites (N-methyl/N-ethyl adjacent to an activating group) is 1. The number of aryl methyl sites for hydroxylation is 1. The molecular formula is C13H22N4O4. The van der Waals surface area contributed by atoms with Crippen molar-refractivity contribution >= 4 is 11.7 Å². The van der Waals surface area contributed by atoms with E-state index in [4.69, 9.17) is 9.47 Å². The van der Waals surface area contributed by atoms with Gasteiger partial charge in [0.05, 0.1) is 38.2 Å². The summed E-state index contributed by atoms with van der Waals surface area (Å²) >= 11 is 0. The van der Waals surface area contributed by atoms with E-state index < -0.39 is 6.10 Å². The van der Waals surface area contributed by atoms with Crippen LogP contribution in [0.3, 0.4) is 0 Å². The summed E-state index contributed by atoms with van der Waals surface area (Å²) in [5, 5.41) is 16.9. The molecule has 8 nitrogen and oxygen atoms in total. The van der Waals surface area contributed by atoms with Crippen molar-refractivity contribution in [3.63, 3.8) is 0 Å². The largest absolute Gasteiger partial charge is 0.478 e. The molecule has 1 aromatic rings. The number of nitrogens with zero attached hydrogens (tertiary/aromatic N) is 3. The predicted octanol–water partition coefficient (Wildman–Crippen LogP) is 0.351. The molecule has 0 aromatic carbocycles. The standard InChI is InChI=1S/C13H22N4O4/c1-5-17(9-6-21-7-10(9)18)13(19)14-11-8(2)16(3)15-12(11)20-4/h9-10,18H,5-7H2,1-4H3,(H,14,19)/t9-,10-/m0/s1. The van der Waals surface area contributed by atoms with Crippen LogP contribution in [0.2, 0.25) is 0 Å². The van der Waals surface area contributed by atoms with Crippen LogP contribution in [0.4, 0.5) is 10.5 Å². The van der Waals surface area contributed by atoms with Crippen molar-refractivity contribution in [1.82, 2.24) is 14.7 Å². The van der Waals surface area contributed by atoms with Gasteiger partial charge in [-0.05, 0) is 13.8 Å². The van der Waals surface area contributed by atoms with Crippen molar-refractivity contribution in [1.29, 1.82) is 0 Å². The van der Waals surface area contributed by atoms with Gasteiger partial charge in [-0.15, -0.1) is 5.10 Å². The lowest BCUT2D eigenvalue weighted by Gasteiger charge is -2.28. The normalized spacial score (nSPS) is 21.4. The molecule has 8 heteroatoms. The van der Waals surface area contributed by atoms with Crippen LogP contribution in [-0.4, -0.2) is 64.8 Å². The van der Waals surface area contributed by atoms with E-state index in [0.29, 0.717) is 24.7 Å². The maximum atomic E-state index is 12.5. The lowest BCUT2D eigenvalue weighted by Crippen LogP contribution is -2.48. The van der Waals surface area contributed by atoms with Gasteiger partial charge in [0, 0.05) is 13.6 Å². The first-order chi connectivity index (χ1) is 9.99. The average Bonchev–Trinajstić information content (AvgIpc) is 2.99. The van der Waals surface area contributed by atoms with E-state index in [1.165, 1.54) is 7.11 Å². The van der Waals surface area contributed by atoms with Crippen LogP contribution in [0, 0.1) is 6.92 Å². The van der Waals surface area contributed by atoms with Crippen molar-refractivity contribution in [2.24, 2.45) is 7.05 Å². The lowest BCUT2D eigenvalue weighted by molar-refractivity contribution is 0.1000. The second kappa shape index (κ2) is 6.31. The van der Waals surface area contributed by atoms with E-state index in [0.717, 1.165) is 5.69 Å². The molecule has 2 heterocycles. The molecule has 1 aliphatic rings. The lowest BCUT2D eigenvalue weighted by atomic mass is 10.2. The highest BCUT2D eigenvalue weighted by molar-refractivity contribution is 5.91. The summed E-state index contributed by atoms with van der Waals surface area (Å²) < 4.78 is 12.0. The molecule has 1 aromatic heterocycles. The van der Waals surface area contributed by atoms with Gasteiger partial charge in [-0.3, -0.25) is 4.68 Å². The number of ether oxygens (including phenoxy) is 2. The summed E-state index contributed by atoms with van der Waals surface area (Å²) in [6.45, 7) is 4.76. The zero-order valence-corrected chi connectivity index (χ0v) is 12.8. The SMILES string of the molecule is CCN(C(=O)Nc1c(OC)nn(C)c1C)[C@H]1COC[C@@H]1O. The van der Waals surface area contributed by atoms with Crippen molar-refractivity contribution in [2.45, 2.75) is 26.0 Å². The van der Waals surface area contributed by atoms with Crippen LogP contribution >= 0.6 is 0 Å². The van der Waals surface area contributed by atoms with E-state index in [1.807, 2.05) is 13.8 Å². The van der Waals surface area contributed by atoms with Crippen LogP contribution in [0.5, 0.6) is 5.88 Å². The smallest absolute Gasteiger partial charge is 0.322 e. The van der Waals surface area contributed by atoms with E-state index >= 15 is 0 Å². The first-order valence-corrected chi connectivity index (χ1v) is 6.90. The molecule has 2 rings (SSSR count). The molecule has 0 bridgehead atoms. The quantitative estimate of drug-likeness (QED) is 0.837. The fourth-order valence-corrected chi connectivity index (χ4v) is 2.40. The average molecular weight is 298 g/mol. The van der Waals surface area contributed by atoms with Gasteiger partial charge in [-0.2, -0.15) is 0 Å². The highest BCUT2D eigenvalue weighted by Crippen LogP contribution is 2.27. The number of carbonyl (C=O) groups is 1. The highest BCUT2D eigenvalue weighted by Gasteiger charge is 2.34. The monoisotopic (exact) mass is 298 g/mol. The molecule has 1 aliphatic heterocycles. The Balaban J connectivity index is 2.16. The summed E-state index contributed by atoms with van der Waals surface area (Å²) in [6.07, 6.45) is -0.660. The molecule has 1 saturated heterocycles. The molecule has 2 amide bonds. The Hall–Kier alpha value is -1.80. The number of hydrogen-bond acceptors (Lipinski definition) is 5. The van der Waals surface area contributed by atoms with Crippen LogP contribution in [0.15, 0.2) is 0 Å². The molecule has 21 heavy (non-hydrogen) atoms. The molecule has 2 atom stereocenters. The van der Waals surface area contributed by atoms with Gasteiger partial charge in [0.15, 0.2) is 0 Å². The molecule has 0 unspecified atom stereocenters. The molecule has 118 valence electrons. The number of carbonyl (C=O) groups excluding carboxylic acids is 1. The van der Waals surface area contributed by atoms with Crippen LogP contribution in [0.25, 0.3) is 0 Å². The van der Waals surface area contributed by atoms with E-state index in [2.05, 4.69) is 10.4 Å². The first-order valence-electron chi connectivity index (χ1n) is 6.90. The van der Waals surface area contributed by atoms with Crippen molar-refractivity contribution in [2.75, 3.05) is 32.2 Å². The molecule has 0 saturated carbocycles. The third-order valence-electron chi connectivity index (χ3n) is 3.75. The number of urea groups is 1. The third kappa shape index (κ3) is 2.96. The molecule has 1 fully saturated rings. The number of rotatable bonds is 4. The van der Waals surface area contributed by atoms with Crippen molar-refractivity contribution in [3.05, 3.63) is 5.69 Å². The van der Waals surface area contributed by atoms with Crippen molar-refractivity contribution < 1.29 is 19.4 Å². The number of aliphatic hydroxyl groups excluding tert-OH is 1. The molecule has 0 spiro atoms. The summed E-state index contributed by atoms with van der Waals surface area (Å²) in [5.41, 5.74) is 1.33. The minimum atomic E-state index is -0.660. The second-order valence-electron chi connectivity index (χ2n) is 4.98. The minimum absolute atomic E-state index is 0.254. The maximum Gasteiger partial charge on any atom is 0.322 e. The Kier molecular flexibility index (Phi) is 4.69. The Bertz CT molecular complexity index is 517.